The second kappa shape index (κ2) is 9.05. The highest BCUT2D eigenvalue weighted by atomic mass is 35.5. The summed E-state index contributed by atoms with van der Waals surface area (Å²) in [6, 6.07) is 17.2. The van der Waals surface area contributed by atoms with Crippen LogP contribution in [0.2, 0.25) is 5.02 Å². The summed E-state index contributed by atoms with van der Waals surface area (Å²) in [6.07, 6.45) is -0.124. The average Bonchev–Trinajstić information content (AvgIpc) is 2.73. The molecule has 5 nitrogen and oxygen atoms in total. The molecule has 0 bridgehead atoms. The van der Waals surface area contributed by atoms with Gasteiger partial charge in [0.15, 0.2) is 0 Å². The number of rotatable bonds is 5. The molecule has 2 atom stereocenters. The summed E-state index contributed by atoms with van der Waals surface area (Å²) in [6.45, 7) is 1.90. The Morgan fingerprint density at radius 1 is 0.966 bits per heavy atom. The van der Waals surface area contributed by atoms with Gasteiger partial charge in [0.25, 0.3) is 0 Å². The third-order valence-corrected chi connectivity index (χ3v) is 5.40. The quantitative estimate of drug-likeness (QED) is 0.670. The summed E-state index contributed by atoms with van der Waals surface area (Å²) in [5.74, 6) is -1.69. The lowest BCUT2D eigenvalue weighted by Crippen LogP contribution is -2.30. The van der Waals surface area contributed by atoms with Gasteiger partial charge in [0.2, 0.25) is 0 Å². The highest BCUT2D eigenvalue weighted by Gasteiger charge is 2.40. The van der Waals surface area contributed by atoms with Crippen molar-refractivity contribution in [3.05, 3.63) is 82.0 Å². The van der Waals surface area contributed by atoms with Crippen LogP contribution in [-0.2, 0) is 19.1 Å². The van der Waals surface area contributed by atoms with Crippen LogP contribution < -0.4 is 0 Å². The van der Waals surface area contributed by atoms with Crippen LogP contribution in [0.1, 0.15) is 36.3 Å². The van der Waals surface area contributed by atoms with Gasteiger partial charge < -0.3 is 9.47 Å². The van der Waals surface area contributed by atoms with Gasteiger partial charge in [-0.25, -0.2) is 4.79 Å². The first-order valence-corrected chi connectivity index (χ1v) is 9.58. The van der Waals surface area contributed by atoms with Crippen molar-refractivity contribution in [2.45, 2.75) is 25.2 Å². The van der Waals surface area contributed by atoms with E-state index in [1.807, 2.05) is 55.5 Å². The molecule has 0 N–H and O–H groups in total. The smallest absolute Gasteiger partial charge is 0.336 e. The molecule has 2 aromatic rings. The van der Waals surface area contributed by atoms with Crippen LogP contribution in [0.5, 0.6) is 0 Å². The molecule has 2 unspecified atom stereocenters. The second-order valence-corrected chi connectivity index (χ2v) is 7.15. The standard InChI is InChI=1S/C23H22ClNO4/c1-14-20(15-9-5-4-6-10-15)21(16-11-7-8-12-17(16)24)22(23(27)29-3)18(25-14)13-19(26)28-2/h4-12,20-21H,13H2,1-3H3. The van der Waals surface area contributed by atoms with Crippen molar-refractivity contribution < 1.29 is 19.1 Å². The van der Waals surface area contributed by atoms with E-state index >= 15 is 0 Å². The fourth-order valence-electron chi connectivity index (χ4n) is 3.78. The molecule has 0 saturated heterocycles. The predicted molar refractivity (Wildman–Crippen MR) is 112 cm³/mol. The maximum Gasteiger partial charge on any atom is 0.336 e. The van der Waals surface area contributed by atoms with Crippen molar-refractivity contribution in [1.29, 1.82) is 0 Å². The van der Waals surface area contributed by atoms with Gasteiger partial charge >= 0.3 is 11.9 Å². The zero-order chi connectivity index (χ0) is 21.0. The minimum absolute atomic E-state index is 0.124. The number of esters is 2. The zero-order valence-electron chi connectivity index (χ0n) is 16.5. The first-order valence-electron chi connectivity index (χ1n) is 9.20. The van der Waals surface area contributed by atoms with Crippen LogP contribution in [0.25, 0.3) is 0 Å². The van der Waals surface area contributed by atoms with Gasteiger partial charge in [-0.2, -0.15) is 0 Å². The molecule has 29 heavy (non-hydrogen) atoms. The van der Waals surface area contributed by atoms with Crippen LogP contribution in [-0.4, -0.2) is 31.9 Å². The van der Waals surface area contributed by atoms with Crippen molar-refractivity contribution in [3.8, 4) is 0 Å². The van der Waals surface area contributed by atoms with Crippen molar-refractivity contribution in [3.63, 3.8) is 0 Å². The molecular formula is C23H22ClNO4. The van der Waals surface area contributed by atoms with E-state index in [0.29, 0.717) is 16.3 Å². The van der Waals surface area contributed by atoms with E-state index in [0.717, 1.165) is 16.8 Å². The van der Waals surface area contributed by atoms with Crippen LogP contribution in [0, 0.1) is 0 Å². The molecule has 3 rings (SSSR count). The Balaban J connectivity index is 2.28. The molecule has 0 fully saturated rings. The van der Waals surface area contributed by atoms with Crippen LogP contribution >= 0.6 is 11.6 Å². The number of nitrogens with zero attached hydrogens (tertiary/aromatic N) is 1. The Kier molecular flexibility index (Phi) is 6.49. The lowest BCUT2D eigenvalue weighted by molar-refractivity contribution is -0.139. The molecule has 1 heterocycles. The Bertz CT molecular complexity index is 981. The average molecular weight is 412 g/mol. The summed E-state index contributed by atoms with van der Waals surface area (Å²) in [5, 5.41) is 0.534. The van der Waals surface area contributed by atoms with E-state index in [2.05, 4.69) is 4.99 Å². The van der Waals surface area contributed by atoms with Gasteiger partial charge in [-0.3, -0.25) is 9.79 Å². The lowest BCUT2D eigenvalue weighted by atomic mass is 9.72. The van der Waals surface area contributed by atoms with Crippen molar-refractivity contribution in [1.82, 2.24) is 0 Å². The SMILES string of the molecule is COC(=O)CC1=C(C(=O)OC)C(c2ccccc2Cl)C(c2ccccc2)C(C)=N1. The molecule has 2 aromatic carbocycles. The number of hydrogen-bond donors (Lipinski definition) is 0. The third kappa shape index (κ3) is 4.25. The number of carbonyl (C=O) groups is 2. The molecule has 0 saturated carbocycles. The lowest BCUT2D eigenvalue weighted by Gasteiger charge is -2.34. The van der Waals surface area contributed by atoms with Crippen molar-refractivity contribution in [2.75, 3.05) is 14.2 Å². The molecule has 0 aliphatic carbocycles. The number of carbonyl (C=O) groups excluding carboxylic acids is 2. The maximum absolute atomic E-state index is 12.9. The number of benzene rings is 2. The van der Waals surface area contributed by atoms with Crippen molar-refractivity contribution >= 4 is 29.3 Å². The third-order valence-electron chi connectivity index (χ3n) is 5.06. The molecule has 0 aromatic heterocycles. The molecule has 150 valence electrons. The van der Waals surface area contributed by atoms with E-state index in [9.17, 15) is 9.59 Å². The Morgan fingerprint density at radius 3 is 2.24 bits per heavy atom. The van der Waals surface area contributed by atoms with Gasteiger partial charge in [0.05, 0.1) is 31.9 Å². The number of ether oxygens (including phenoxy) is 2. The molecular weight excluding hydrogens is 390 g/mol. The monoisotopic (exact) mass is 411 g/mol. The van der Waals surface area contributed by atoms with E-state index in [1.54, 1.807) is 6.07 Å². The summed E-state index contributed by atoms with van der Waals surface area (Å²) < 4.78 is 9.89. The minimum atomic E-state index is -0.536. The van der Waals surface area contributed by atoms with Crippen LogP contribution in [0.3, 0.4) is 0 Å². The van der Waals surface area contributed by atoms with Crippen molar-refractivity contribution in [2.24, 2.45) is 4.99 Å². The Morgan fingerprint density at radius 2 is 1.62 bits per heavy atom. The molecule has 0 radical (unpaired) electrons. The zero-order valence-corrected chi connectivity index (χ0v) is 17.3. The highest BCUT2D eigenvalue weighted by molar-refractivity contribution is 6.31. The summed E-state index contributed by atoms with van der Waals surface area (Å²) in [5.41, 5.74) is 3.23. The van der Waals surface area contributed by atoms with E-state index in [4.69, 9.17) is 21.1 Å². The second-order valence-electron chi connectivity index (χ2n) is 6.75. The molecule has 0 amide bonds. The van der Waals surface area contributed by atoms with Gasteiger partial charge in [-0.15, -0.1) is 0 Å². The van der Waals surface area contributed by atoms with Gasteiger partial charge in [-0.1, -0.05) is 60.1 Å². The van der Waals surface area contributed by atoms with Gasteiger partial charge in [-0.05, 0) is 24.1 Å². The number of aliphatic imine (C=N–C) groups is 1. The normalized spacial score (nSPS) is 18.8. The highest BCUT2D eigenvalue weighted by Crippen LogP contribution is 2.47. The first kappa shape index (κ1) is 20.8. The van der Waals surface area contributed by atoms with Gasteiger partial charge in [0.1, 0.15) is 0 Å². The molecule has 0 spiro atoms. The summed E-state index contributed by atoms with van der Waals surface area (Å²) in [7, 11) is 2.62. The van der Waals surface area contributed by atoms with Gasteiger partial charge in [0, 0.05) is 22.6 Å². The maximum atomic E-state index is 12.9. The van der Waals surface area contributed by atoms with Crippen LogP contribution in [0.4, 0.5) is 0 Å². The molecule has 6 heteroatoms. The number of halogens is 1. The minimum Gasteiger partial charge on any atom is -0.469 e. The van der Waals surface area contributed by atoms with E-state index < -0.39 is 17.9 Å². The number of methoxy groups -OCH3 is 2. The summed E-state index contributed by atoms with van der Waals surface area (Å²) in [4.78, 5) is 29.5. The molecule has 1 aliphatic heterocycles. The largest absolute Gasteiger partial charge is 0.469 e. The predicted octanol–water partition coefficient (Wildman–Crippen LogP) is 4.67. The first-order chi connectivity index (χ1) is 14.0. The van der Waals surface area contributed by atoms with E-state index in [1.165, 1.54) is 14.2 Å². The molecule has 1 aliphatic rings. The number of hydrogen-bond acceptors (Lipinski definition) is 5. The van der Waals surface area contributed by atoms with Crippen LogP contribution in [0.15, 0.2) is 70.9 Å². The Hall–Kier alpha value is -2.92. The fourth-order valence-corrected chi connectivity index (χ4v) is 4.04. The Labute approximate surface area is 175 Å². The fraction of sp³-hybridized carbons (Fsp3) is 0.261. The topological polar surface area (TPSA) is 65.0 Å². The van der Waals surface area contributed by atoms with E-state index in [-0.39, 0.29) is 12.3 Å². The summed E-state index contributed by atoms with van der Waals surface area (Å²) >= 11 is 6.55.